The van der Waals surface area contributed by atoms with Gasteiger partial charge in [-0.05, 0) is 76.7 Å². The van der Waals surface area contributed by atoms with Crippen molar-refractivity contribution >= 4 is 5.91 Å². The van der Waals surface area contributed by atoms with Crippen LogP contribution in [0.25, 0.3) is 0 Å². The van der Waals surface area contributed by atoms with Gasteiger partial charge in [0.05, 0.1) is 6.10 Å². The summed E-state index contributed by atoms with van der Waals surface area (Å²) in [5.41, 5.74) is 1.18. The summed E-state index contributed by atoms with van der Waals surface area (Å²) in [6.45, 7) is 2.22. The average Bonchev–Trinajstić information content (AvgIpc) is 3.18. The molecule has 0 spiro atoms. The van der Waals surface area contributed by atoms with Crippen LogP contribution >= 0.6 is 0 Å². The number of ether oxygens (including phenoxy) is 2. The molecule has 27 heavy (non-hydrogen) atoms. The highest BCUT2D eigenvalue weighted by Crippen LogP contribution is 2.26. The fraction of sp³-hybridized carbons (Fsp3) is 0.682. The van der Waals surface area contributed by atoms with Gasteiger partial charge in [-0.2, -0.15) is 0 Å². The molecule has 2 aliphatic rings. The van der Waals surface area contributed by atoms with Gasteiger partial charge in [0.1, 0.15) is 5.75 Å². The van der Waals surface area contributed by atoms with Crippen LogP contribution in [0.5, 0.6) is 5.75 Å². The summed E-state index contributed by atoms with van der Waals surface area (Å²) in [6, 6.07) is 8.22. The lowest BCUT2D eigenvalue weighted by molar-refractivity contribution is -0.122. The van der Waals surface area contributed by atoms with Crippen LogP contribution in [0.3, 0.4) is 0 Å². The van der Waals surface area contributed by atoms with Crippen LogP contribution in [0, 0.1) is 0 Å². The molecule has 5 heteroatoms. The maximum atomic E-state index is 12.4. The second kappa shape index (κ2) is 9.56. The minimum atomic E-state index is 0.0168. The highest BCUT2D eigenvalue weighted by atomic mass is 16.5. The predicted molar refractivity (Wildman–Crippen MR) is 107 cm³/mol. The Kier molecular flexibility index (Phi) is 7.13. The SMILES string of the molecule is CN(C)C1(CNC(=O)CCc2cccc(OC3CCCC3)c2)CCOCC1. The molecule has 0 atom stereocenters. The Hall–Kier alpha value is -1.59. The first kappa shape index (κ1) is 20.2. The molecule has 1 amide bonds. The van der Waals surface area contributed by atoms with Crippen molar-refractivity contribution in [2.24, 2.45) is 0 Å². The van der Waals surface area contributed by atoms with Gasteiger partial charge >= 0.3 is 0 Å². The molecule has 0 aromatic heterocycles. The molecule has 1 saturated heterocycles. The summed E-state index contributed by atoms with van der Waals surface area (Å²) in [5.74, 6) is 1.05. The first-order valence-corrected chi connectivity index (χ1v) is 10.3. The molecule has 3 rings (SSSR count). The van der Waals surface area contributed by atoms with Gasteiger partial charge in [-0.1, -0.05) is 12.1 Å². The second-order valence-electron chi connectivity index (χ2n) is 8.18. The van der Waals surface area contributed by atoms with E-state index < -0.39 is 0 Å². The van der Waals surface area contributed by atoms with Crippen LogP contribution in [0.1, 0.15) is 50.5 Å². The zero-order chi connectivity index (χ0) is 19.1. The molecular formula is C22H34N2O3. The van der Waals surface area contributed by atoms with E-state index >= 15 is 0 Å². The molecule has 1 N–H and O–H groups in total. The van der Waals surface area contributed by atoms with Gasteiger partial charge in [0.2, 0.25) is 5.91 Å². The normalized spacial score (nSPS) is 20.0. The van der Waals surface area contributed by atoms with E-state index in [2.05, 4.69) is 36.4 Å². The minimum absolute atomic E-state index is 0.0168. The number of carbonyl (C=O) groups excluding carboxylic acids is 1. The Morgan fingerprint density at radius 3 is 2.70 bits per heavy atom. The topological polar surface area (TPSA) is 50.8 Å². The highest BCUT2D eigenvalue weighted by Gasteiger charge is 2.34. The molecule has 1 aromatic carbocycles. The van der Waals surface area contributed by atoms with Gasteiger partial charge in [0.25, 0.3) is 0 Å². The summed E-state index contributed by atoms with van der Waals surface area (Å²) in [6.07, 6.45) is 8.39. The number of nitrogens with one attached hydrogen (secondary N) is 1. The van der Waals surface area contributed by atoms with Crippen molar-refractivity contribution in [3.05, 3.63) is 29.8 Å². The maximum Gasteiger partial charge on any atom is 0.220 e. The molecular weight excluding hydrogens is 340 g/mol. The lowest BCUT2D eigenvalue weighted by Gasteiger charge is -2.42. The fourth-order valence-electron chi connectivity index (χ4n) is 4.12. The Morgan fingerprint density at radius 2 is 2.00 bits per heavy atom. The number of benzene rings is 1. The zero-order valence-corrected chi connectivity index (χ0v) is 16.8. The lowest BCUT2D eigenvalue weighted by atomic mass is 9.88. The zero-order valence-electron chi connectivity index (χ0n) is 16.8. The van der Waals surface area contributed by atoms with Crippen LogP contribution in [-0.2, 0) is 16.0 Å². The quantitative estimate of drug-likeness (QED) is 0.759. The summed E-state index contributed by atoms with van der Waals surface area (Å²) in [5, 5.41) is 3.15. The van der Waals surface area contributed by atoms with Crippen molar-refractivity contribution in [3.8, 4) is 5.75 Å². The number of aryl methyl sites for hydroxylation is 1. The highest BCUT2D eigenvalue weighted by molar-refractivity contribution is 5.76. The first-order chi connectivity index (χ1) is 13.1. The average molecular weight is 375 g/mol. The summed E-state index contributed by atoms with van der Waals surface area (Å²) < 4.78 is 11.6. The van der Waals surface area contributed by atoms with Gasteiger partial charge < -0.3 is 19.7 Å². The maximum absolute atomic E-state index is 12.4. The molecule has 0 bridgehead atoms. The predicted octanol–water partition coefficient (Wildman–Crippen LogP) is 3.17. The molecule has 150 valence electrons. The number of nitrogens with zero attached hydrogens (tertiary/aromatic N) is 1. The lowest BCUT2D eigenvalue weighted by Crippen LogP contribution is -2.55. The molecule has 0 radical (unpaired) electrons. The van der Waals surface area contributed by atoms with Crippen LogP contribution in [0.4, 0.5) is 0 Å². The number of amides is 1. The van der Waals surface area contributed by atoms with Gasteiger partial charge in [-0.25, -0.2) is 0 Å². The van der Waals surface area contributed by atoms with E-state index in [4.69, 9.17) is 9.47 Å². The summed E-state index contributed by atoms with van der Waals surface area (Å²) in [4.78, 5) is 14.6. The molecule has 1 aliphatic heterocycles. The van der Waals surface area contributed by atoms with E-state index in [0.29, 0.717) is 19.1 Å². The second-order valence-corrected chi connectivity index (χ2v) is 8.18. The number of carbonyl (C=O) groups is 1. The summed E-state index contributed by atoms with van der Waals surface area (Å²) in [7, 11) is 4.18. The number of hydrogen-bond acceptors (Lipinski definition) is 4. The van der Waals surface area contributed by atoms with E-state index in [-0.39, 0.29) is 11.4 Å². The third-order valence-electron chi connectivity index (χ3n) is 6.13. The molecule has 2 fully saturated rings. The third kappa shape index (κ3) is 5.69. The van der Waals surface area contributed by atoms with Crippen molar-refractivity contribution < 1.29 is 14.3 Å². The Labute approximate surface area is 163 Å². The van der Waals surface area contributed by atoms with E-state index in [1.54, 1.807) is 0 Å². The smallest absolute Gasteiger partial charge is 0.220 e. The van der Waals surface area contributed by atoms with Crippen LogP contribution in [-0.4, -0.2) is 56.3 Å². The van der Waals surface area contributed by atoms with Crippen LogP contribution in [0.15, 0.2) is 24.3 Å². The fourth-order valence-corrected chi connectivity index (χ4v) is 4.12. The monoisotopic (exact) mass is 374 g/mol. The first-order valence-electron chi connectivity index (χ1n) is 10.3. The third-order valence-corrected chi connectivity index (χ3v) is 6.13. The standard InChI is InChI=1S/C22H34N2O3/c1-24(2)22(12-14-26-15-13-22)17-23-21(25)11-10-18-6-5-9-20(16-18)27-19-7-3-4-8-19/h5-6,9,16,19H,3-4,7-8,10-15,17H2,1-2H3,(H,23,25). The molecule has 1 aromatic rings. The van der Waals surface area contributed by atoms with Gasteiger partial charge in [0, 0.05) is 31.7 Å². The molecule has 1 heterocycles. The van der Waals surface area contributed by atoms with Crippen molar-refractivity contribution in [3.63, 3.8) is 0 Å². The van der Waals surface area contributed by atoms with E-state index in [1.165, 1.54) is 12.8 Å². The Bertz CT molecular complexity index is 605. The van der Waals surface area contributed by atoms with Gasteiger partial charge in [0.15, 0.2) is 0 Å². The molecule has 5 nitrogen and oxygen atoms in total. The molecule has 0 unspecified atom stereocenters. The van der Waals surface area contributed by atoms with Crippen molar-refractivity contribution in [1.29, 1.82) is 0 Å². The van der Waals surface area contributed by atoms with Crippen molar-refractivity contribution in [2.45, 2.75) is 63.0 Å². The van der Waals surface area contributed by atoms with Crippen LogP contribution < -0.4 is 10.1 Å². The van der Waals surface area contributed by atoms with Gasteiger partial charge in [-0.3, -0.25) is 4.79 Å². The Morgan fingerprint density at radius 1 is 1.26 bits per heavy atom. The van der Waals surface area contributed by atoms with Crippen molar-refractivity contribution in [2.75, 3.05) is 33.9 Å². The van der Waals surface area contributed by atoms with Crippen LogP contribution in [0.2, 0.25) is 0 Å². The number of likely N-dealkylation sites (N-methyl/N-ethyl adjacent to an activating group) is 1. The number of hydrogen-bond donors (Lipinski definition) is 1. The largest absolute Gasteiger partial charge is 0.490 e. The van der Waals surface area contributed by atoms with E-state index in [1.807, 2.05) is 12.1 Å². The Balaban J connectivity index is 1.45. The van der Waals surface area contributed by atoms with E-state index in [0.717, 1.165) is 56.6 Å². The molecule has 1 aliphatic carbocycles. The minimum Gasteiger partial charge on any atom is -0.490 e. The van der Waals surface area contributed by atoms with Gasteiger partial charge in [-0.15, -0.1) is 0 Å². The van der Waals surface area contributed by atoms with E-state index in [9.17, 15) is 4.79 Å². The molecule has 1 saturated carbocycles. The summed E-state index contributed by atoms with van der Waals surface area (Å²) >= 11 is 0. The van der Waals surface area contributed by atoms with Crippen molar-refractivity contribution in [1.82, 2.24) is 10.2 Å². The number of rotatable bonds is 8.